The summed E-state index contributed by atoms with van der Waals surface area (Å²) in [5.74, 6) is 0. The van der Waals surface area contributed by atoms with Crippen LogP contribution in [0.2, 0.25) is 0 Å². The Kier molecular flexibility index (Phi) is 6.28. The van der Waals surface area contributed by atoms with Gasteiger partial charge in [-0.1, -0.05) is 29.8 Å². The van der Waals surface area contributed by atoms with E-state index in [2.05, 4.69) is 35.9 Å². The van der Waals surface area contributed by atoms with E-state index in [1.54, 1.807) is 20.8 Å². The molecule has 96 valence electrons. The van der Waals surface area contributed by atoms with Gasteiger partial charge < -0.3 is 16.2 Å². The molecule has 4 heteroatoms. The molecule has 1 amide bonds. The number of hydrogen-bond acceptors (Lipinski definition) is 3. The third-order valence-electron chi connectivity index (χ3n) is 1.76. The first-order valence-corrected chi connectivity index (χ1v) is 5.48. The topological polar surface area (TPSA) is 78.3 Å². The second-order valence-corrected chi connectivity index (χ2v) is 4.72. The van der Waals surface area contributed by atoms with E-state index >= 15 is 0 Å². The fourth-order valence-corrected chi connectivity index (χ4v) is 1.03. The monoisotopic (exact) mass is 238 g/mol. The van der Waals surface area contributed by atoms with Gasteiger partial charge in [-0.2, -0.15) is 0 Å². The molecule has 0 radical (unpaired) electrons. The van der Waals surface area contributed by atoms with Crippen molar-refractivity contribution in [3.05, 3.63) is 35.4 Å². The van der Waals surface area contributed by atoms with Crippen LogP contribution in [0.15, 0.2) is 24.3 Å². The summed E-state index contributed by atoms with van der Waals surface area (Å²) in [6, 6.07) is 8.25. The van der Waals surface area contributed by atoms with Crippen molar-refractivity contribution < 1.29 is 9.53 Å². The largest absolute Gasteiger partial charge is 0.444 e. The Morgan fingerprint density at radius 2 is 1.71 bits per heavy atom. The standard InChI is InChI=1S/C8H11N.C5H11NO2/c1-7-2-4-8(6-9)5-3-7;1-5(2,3)8-4(6)7/h2-5H,6,9H2,1H3;1-3H3,(H2,6,7). The Labute approximate surface area is 103 Å². The van der Waals surface area contributed by atoms with Crippen LogP contribution in [-0.2, 0) is 11.3 Å². The molecule has 0 atom stereocenters. The second kappa shape index (κ2) is 6.91. The summed E-state index contributed by atoms with van der Waals surface area (Å²) >= 11 is 0. The molecule has 0 aliphatic heterocycles. The Balaban J connectivity index is 0.000000304. The van der Waals surface area contributed by atoms with Gasteiger partial charge in [0.2, 0.25) is 0 Å². The normalized spacial score (nSPS) is 10.2. The number of primary amides is 1. The van der Waals surface area contributed by atoms with Crippen LogP contribution in [0, 0.1) is 6.92 Å². The summed E-state index contributed by atoms with van der Waals surface area (Å²) in [6.07, 6.45) is -0.725. The number of nitrogens with two attached hydrogens (primary N) is 2. The van der Waals surface area contributed by atoms with Crippen molar-refractivity contribution >= 4 is 6.09 Å². The minimum atomic E-state index is -0.725. The van der Waals surface area contributed by atoms with E-state index in [9.17, 15) is 4.79 Å². The van der Waals surface area contributed by atoms with Crippen LogP contribution in [0.3, 0.4) is 0 Å². The molecule has 0 bridgehead atoms. The molecular weight excluding hydrogens is 216 g/mol. The number of carbonyl (C=O) groups excluding carboxylic acids is 1. The predicted octanol–water partition coefficient (Wildman–Crippen LogP) is 2.33. The van der Waals surface area contributed by atoms with Gasteiger partial charge in [0.05, 0.1) is 0 Å². The van der Waals surface area contributed by atoms with E-state index < -0.39 is 11.7 Å². The fraction of sp³-hybridized carbons (Fsp3) is 0.462. The molecule has 0 unspecified atom stereocenters. The number of carbonyl (C=O) groups is 1. The highest BCUT2D eigenvalue weighted by atomic mass is 16.6. The molecule has 0 heterocycles. The van der Waals surface area contributed by atoms with Gasteiger partial charge >= 0.3 is 6.09 Å². The first-order valence-electron chi connectivity index (χ1n) is 5.48. The van der Waals surface area contributed by atoms with E-state index in [1.807, 2.05) is 0 Å². The zero-order valence-electron chi connectivity index (χ0n) is 11.0. The van der Waals surface area contributed by atoms with E-state index in [0.717, 1.165) is 0 Å². The summed E-state index contributed by atoms with van der Waals surface area (Å²) in [5, 5.41) is 0. The summed E-state index contributed by atoms with van der Waals surface area (Å²) in [4.78, 5) is 10.0. The van der Waals surface area contributed by atoms with Crippen LogP contribution >= 0.6 is 0 Å². The lowest BCUT2D eigenvalue weighted by Gasteiger charge is -2.16. The molecule has 1 rings (SSSR count). The number of benzene rings is 1. The average molecular weight is 238 g/mol. The Hall–Kier alpha value is -1.55. The Morgan fingerprint density at radius 3 is 1.94 bits per heavy atom. The predicted molar refractivity (Wildman–Crippen MR) is 69.5 cm³/mol. The van der Waals surface area contributed by atoms with E-state index in [1.165, 1.54) is 11.1 Å². The van der Waals surface area contributed by atoms with Crippen LogP contribution in [0.1, 0.15) is 31.9 Å². The number of hydrogen-bond donors (Lipinski definition) is 2. The van der Waals surface area contributed by atoms with E-state index in [4.69, 9.17) is 11.5 Å². The molecule has 4 N–H and O–H groups in total. The lowest BCUT2D eigenvalue weighted by molar-refractivity contribution is 0.0600. The molecule has 4 nitrogen and oxygen atoms in total. The molecule has 1 aromatic rings. The smallest absolute Gasteiger partial charge is 0.405 e. The van der Waals surface area contributed by atoms with Gasteiger partial charge in [-0.15, -0.1) is 0 Å². The first-order chi connectivity index (χ1) is 7.74. The van der Waals surface area contributed by atoms with Gasteiger partial charge in [-0.05, 0) is 33.3 Å². The SMILES string of the molecule is CC(C)(C)OC(N)=O.Cc1ccc(CN)cc1. The van der Waals surface area contributed by atoms with E-state index in [-0.39, 0.29) is 0 Å². The molecule has 17 heavy (non-hydrogen) atoms. The number of aryl methyl sites for hydroxylation is 1. The van der Waals surface area contributed by atoms with Gasteiger partial charge in [0.25, 0.3) is 0 Å². The van der Waals surface area contributed by atoms with Crippen molar-refractivity contribution in [1.82, 2.24) is 0 Å². The Bertz CT molecular complexity index is 339. The van der Waals surface area contributed by atoms with Crippen molar-refractivity contribution in [3.8, 4) is 0 Å². The van der Waals surface area contributed by atoms with Crippen molar-refractivity contribution in [1.29, 1.82) is 0 Å². The quantitative estimate of drug-likeness (QED) is 0.788. The highest BCUT2D eigenvalue weighted by Crippen LogP contribution is 2.04. The van der Waals surface area contributed by atoms with E-state index in [0.29, 0.717) is 6.54 Å². The molecule has 0 aliphatic carbocycles. The van der Waals surface area contributed by atoms with Gasteiger partial charge in [-0.3, -0.25) is 0 Å². The van der Waals surface area contributed by atoms with Crippen LogP contribution in [0.25, 0.3) is 0 Å². The third kappa shape index (κ3) is 9.38. The van der Waals surface area contributed by atoms with Gasteiger partial charge in [0.1, 0.15) is 5.60 Å². The summed E-state index contributed by atoms with van der Waals surface area (Å²) in [6.45, 7) is 7.99. The van der Waals surface area contributed by atoms with Crippen LogP contribution in [0.5, 0.6) is 0 Å². The lowest BCUT2D eigenvalue weighted by atomic mass is 10.2. The first kappa shape index (κ1) is 15.4. The number of amides is 1. The van der Waals surface area contributed by atoms with Gasteiger partial charge in [0.15, 0.2) is 0 Å². The minimum Gasteiger partial charge on any atom is -0.444 e. The molecule has 0 fully saturated rings. The van der Waals surface area contributed by atoms with Crippen molar-refractivity contribution in [3.63, 3.8) is 0 Å². The van der Waals surface area contributed by atoms with Gasteiger partial charge in [0, 0.05) is 6.54 Å². The molecule has 0 spiro atoms. The maximum absolute atomic E-state index is 10.0. The minimum absolute atomic E-state index is 0.453. The van der Waals surface area contributed by atoms with Crippen molar-refractivity contribution in [2.75, 3.05) is 0 Å². The molecule has 0 saturated heterocycles. The van der Waals surface area contributed by atoms with Crippen molar-refractivity contribution in [2.45, 2.75) is 39.8 Å². The summed E-state index contributed by atoms with van der Waals surface area (Å²) in [5.41, 5.74) is 12.1. The maximum atomic E-state index is 10.0. The number of ether oxygens (including phenoxy) is 1. The maximum Gasteiger partial charge on any atom is 0.405 e. The van der Waals surface area contributed by atoms with Crippen LogP contribution < -0.4 is 11.5 Å². The van der Waals surface area contributed by atoms with Gasteiger partial charge in [-0.25, -0.2) is 4.79 Å². The highest BCUT2D eigenvalue weighted by Gasteiger charge is 2.12. The number of rotatable bonds is 1. The average Bonchev–Trinajstić information content (AvgIpc) is 2.16. The highest BCUT2D eigenvalue weighted by molar-refractivity contribution is 5.65. The van der Waals surface area contributed by atoms with Crippen LogP contribution in [0.4, 0.5) is 4.79 Å². The van der Waals surface area contributed by atoms with Crippen LogP contribution in [-0.4, -0.2) is 11.7 Å². The summed E-state index contributed by atoms with van der Waals surface area (Å²) in [7, 11) is 0. The Morgan fingerprint density at radius 1 is 1.24 bits per heavy atom. The third-order valence-corrected chi connectivity index (χ3v) is 1.76. The zero-order chi connectivity index (χ0) is 13.5. The summed E-state index contributed by atoms with van der Waals surface area (Å²) < 4.78 is 4.58. The molecule has 1 aromatic carbocycles. The lowest BCUT2D eigenvalue weighted by Crippen LogP contribution is -2.27. The second-order valence-electron chi connectivity index (χ2n) is 4.72. The zero-order valence-corrected chi connectivity index (χ0v) is 11.0. The van der Waals surface area contributed by atoms with Crippen molar-refractivity contribution in [2.24, 2.45) is 11.5 Å². The molecule has 0 saturated carbocycles. The molecule has 0 aromatic heterocycles. The molecule has 0 aliphatic rings. The molecular formula is C13H22N2O2. The fourth-order valence-electron chi connectivity index (χ4n) is 1.03.